The van der Waals surface area contributed by atoms with E-state index in [9.17, 15) is 4.79 Å². The first-order chi connectivity index (χ1) is 13.1. The molecule has 5 nitrogen and oxygen atoms in total. The molecule has 29 heavy (non-hydrogen) atoms. The number of likely N-dealkylation sites (N-methyl/N-ethyl adjacent to an activating group) is 1. The fourth-order valence-corrected chi connectivity index (χ4v) is 3.78. The first-order valence-electron chi connectivity index (χ1n) is 9.16. The third kappa shape index (κ3) is 7.19. The molecule has 2 aromatic rings. The number of carbonyl (C=O) groups is 1. The van der Waals surface area contributed by atoms with Gasteiger partial charge in [-0.2, -0.15) is 0 Å². The van der Waals surface area contributed by atoms with Crippen LogP contribution >= 0.6 is 48.0 Å². The summed E-state index contributed by atoms with van der Waals surface area (Å²) in [6.45, 7) is 5.85. The van der Waals surface area contributed by atoms with Crippen molar-refractivity contribution in [3.63, 3.8) is 0 Å². The molecule has 1 atom stereocenters. The molecule has 1 aliphatic heterocycles. The Morgan fingerprint density at radius 2 is 2.03 bits per heavy atom. The average molecular weight is 480 g/mol. The molecule has 1 aromatic heterocycles. The van der Waals surface area contributed by atoms with Gasteiger partial charge in [-0.3, -0.25) is 9.88 Å². The van der Waals surface area contributed by atoms with Gasteiger partial charge in [0, 0.05) is 51.2 Å². The number of benzene rings is 1. The van der Waals surface area contributed by atoms with Gasteiger partial charge >= 0.3 is 6.03 Å². The van der Waals surface area contributed by atoms with Crippen LogP contribution in [0.15, 0.2) is 42.7 Å². The van der Waals surface area contributed by atoms with E-state index >= 15 is 0 Å². The molecular weight excluding hydrogens is 454 g/mol. The zero-order chi connectivity index (χ0) is 19.2. The number of nitrogens with one attached hydrogen (secondary N) is 1. The highest BCUT2D eigenvalue weighted by Gasteiger charge is 2.29. The maximum atomic E-state index is 12.7. The van der Waals surface area contributed by atoms with Gasteiger partial charge in [-0.15, -0.1) is 24.8 Å². The van der Waals surface area contributed by atoms with Gasteiger partial charge < -0.3 is 10.2 Å². The van der Waals surface area contributed by atoms with Crippen molar-refractivity contribution >= 4 is 54.0 Å². The van der Waals surface area contributed by atoms with E-state index in [1.54, 1.807) is 18.3 Å². The molecule has 1 fully saturated rings. The van der Waals surface area contributed by atoms with Gasteiger partial charge in [0.25, 0.3) is 0 Å². The Morgan fingerprint density at radius 3 is 2.69 bits per heavy atom. The van der Waals surface area contributed by atoms with Crippen LogP contribution in [0.3, 0.4) is 0 Å². The highest BCUT2D eigenvalue weighted by atomic mass is 35.5. The molecule has 0 saturated carbocycles. The Hall–Kier alpha value is -1.24. The van der Waals surface area contributed by atoms with Crippen molar-refractivity contribution in [3.05, 3.63) is 63.9 Å². The number of hydrogen-bond acceptors (Lipinski definition) is 3. The number of likely N-dealkylation sites (tertiary alicyclic amines) is 1. The van der Waals surface area contributed by atoms with E-state index in [1.807, 2.05) is 30.2 Å². The van der Waals surface area contributed by atoms with Gasteiger partial charge in [-0.05, 0) is 42.7 Å². The number of carbonyl (C=O) groups excluding carboxylic acids is 1. The SMILES string of the molecule is CCN(C(=O)NCc1ccc(Cl)c(Cl)c1)C1CCN(Cc2cccnc2)C1.Cl.Cl. The van der Waals surface area contributed by atoms with E-state index in [2.05, 4.69) is 21.3 Å². The zero-order valence-corrected chi connectivity index (χ0v) is 19.3. The van der Waals surface area contributed by atoms with E-state index in [1.165, 1.54) is 5.56 Å². The molecule has 0 bridgehead atoms. The lowest BCUT2D eigenvalue weighted by Crippen LogP contribution is -2.46. The molecule has 3 rings (SSSR count). The Balaban J connectivity index is 0.00000210. The minimum Gasteiger partial charge on any atom is -0.334 e. The average Bonchev–Trinajstić information content (AvgIpc) is 3.12. The van der Waals surface area contributed by atoms with Crippen LogP contribution in [0.5, 0.6) is 0 Å². The van der Waals surface area contributed by atoms with Crippen LogP contribution in [0, 0.1) is 0 Å². The molecule has 1 aliphatic rings. The molecule has 0 radical (unpaired) electrons. The number of urea groups is 1. The lowest BCUT2D eigenvalue weighted by Gasteiger charge is -2.28. The van der Waals surface area contributed by atoms with Crippen LogP contribution in [0.25, 0.3) is 0 Å². The first kappa shape index (κ1) is 25.8. The number of nitrogens with zero attached hydrogens (tertiary/aromatic N) is 3. The lowest BCUT2D eigenvalue weighted by atomic mass is 10.2. The summed E-state index contributed by atoms with van der Waals surface area (Å²) in [7, 11) is 0. The van der Waals surface area contributed by atoms with Crippen LogP contribution in [0.2, 0.25) is 10.0 Å². The molecule has 1 unspecified atom stereocenters. The zero-order valence-electron chi connectivity index (χ0n) is 16.2. The molecular formula is C20H26Cl4N4O. The minimum absolute atomic E-state index is 0. The minimum atomic E-state index is -0.0446. The number of pyridine rings is 1. The van der Waals surface area contributed by atoms with Crippen molar-refractivity contribution in [1.82, 2.24) is 20.1 Å². The molecule has 0 aliphatic carbocycles. The molecule has 2 amide bonds. The van der Waals surface area contributed by atoms with Gasteiger partial charge in [0.05, 0.1) is 10.0 Å². The molecule has 2 heterocycles. The fraction of sp³-hybridized carbons (Fsp3) is 0.400. The Labute approximate surface area is 194 Å². The van der Waals surface area contributed by atoms with Crippen molar-refractivity contribution in [1.29, 1.82) is 0 Å². The summed E-state index contributed by atoms with van der Waals surface area (Å²) in [4.78, 5) is 21.1. The van der Waals surface area contributed by atoms with Gasteiger partial charge in [-0.25, -0.2) is 4.79 Å². The highest BCUT2D eigenvalue weighted by Crippen LogP contribution is 2.23. The van der Waals surface area contributed by atoms with E-state index < -0.39 is 0 Å². The van der Waals surface area contributed by atoms with Crippen LogP contribution in [0.1, 0.15) is 24.5 Å². The standard InChI is InChI=1S/C20H24Cl2N4O.2ClH/c1-2-26(20(27)24-12-15-5-6-18(21)19(22)10-15)17-7-9-25(14-17)13-16-4-3-8-23-11-16;;/h3-6,8,10-11,17H,2,7,9,12-14H2,1H3,(H,24,27);2*1H. The normalized spacial score (nSPS) is 15.9. The van der Waals surface area contributed by atoms with Crippen molar-refractivity contribution in [2.75, 3.05) is 19.6 Å². The quantitative estimate of drug-likeness (QED) is 0.631. The van der Waals surface area contributed by atoms with Gasteiger partial charge in [0.2, 0.25) is 0 Å². The largest absolute Gasteiger partial charge is 0.334 e. The molecule has 1 aromatic carbocycles. The van der Waals surface area contributed by atoms with E-state index in [0.29, 0.717) is 23.1 Å². The maximum absolute atomic E-state index is 12.7. The second-order valence-electron chi connectivity index (χ2n) is 6.73. The van der Waals surface area contributed by atoms with Gasteiger partial charge in [0.1, 0.15) is 0 Å². The van der Waals surface area contributed by atoms with Crippen LogP contribution in [0.4, 0.5) is 4.79 Å². The monoisotopic (exact) mass is 478 g/mol. The Bertz CT molecular complexity index is 778. The summed E-state index contributed by atoms with van der Waals surface area (Å²) in [5.41, 5.74) is 2.13. The van der Waals surface area contributed by atoms with Crippen molar-refractivity contribution in [2.45, 2.75) is 32.5 Å². The number of hydrogen-bond donors (Lipinski definition) is 1. The Morgan fingerprint density at radius 1 is 1.24 bits per heavy atom. The van der Waals surface area contributed by atoms with E-state index in [4.69, 9.17) is 23.2 Å². The topological polar surface area (TPSA) is 48.5 Å². The van der Waals surface area contributed by atoms with Crippen molar-refractivity contribution in [2.24, 2.45) is 0 Å². The number of rotatable bonds is 6. The third-order valence-electron chi connectivity index (χ3n) is 4.85. The summed E-state index contributed by atoms with van der Waals surface area (Å²) in [5, 5.41) is 4.01. The van der Waals surface area contributed by atoms with Gasteiger partial charge in [0.15, 0.2) is 0 Å². The van der Waals surface area contributed by atoms with E-state index in [0.717, 1.165) is 31.6 Å². The highest BCUT2D eigenvalue weighted by molar-refractivity contribution is 6.42. The predicted octanol–water partition coefficient (Wildman–Crippen LogP) is 5.04. The van der Waals surface area contributed by atoms with E-state index in [-0.39, 0.29) is 36.9 Å². The van der Waals surface area contributed by atoms with Crippen LogP contribution in [-0.2, 0) is 13.1 Å². The summed E-state index contributed by atoms with van der Waals surface area (Å²) in [6, 6.07) is 9.62. The fourth-order valence-electron chi connectivity index (χ4n) is 3.46. The summed E-state index contributed by atoms with van der Waals surface area (Å²) in [6.07, 6.45) is 4.66. The molecule has 160 valence electrons. The molecule has 9 heteroatoms. The van der Waals surface area contributed by atoms with Crippen molar-refractivity contribution < 1.29 is 4.79 Å². The number of halogens is 4. The lowest BCUT2D eigenvalue weighted by molar-refractivity contribution is 0.176. The smallest absolute Gasteiger partial charge is 0.317 e. The second-order valence-corrected chi connectivity index (χ2v) is 7.55. The Kier molecular flexibility index (Phi) is 11.1. The van der Waals surface area contributed by atoms with Gasteiger partial charge in [-0.1, -0.05) is 35.3 Å². The second kappa shape index (κ2) is 12.5. The summed E-state index contributed by atoms with van der Waals surface area (Å²) >= 11 is 12.0. The predicted molar refractivity (Wildman–Crippen MR) is 123 cm³/mol. The van der Waals surface area contributed by atoms with Crippen LogP contribution < -0.4 is 5.32 Å². The number of aromatic nitrogens is 1. The third-order valence-corrected chi connectivity index (χ3v) is 5.59. The number of amides is 2. The first-order valence-corrected chi connectivity index (χ1v) is 9.92. The molecule has 1 saturated heterocycles. The van der Waals surface area contributed by atoms with Crippen molar-refractivity contribution in [3.8, 4) is 0 Å². The summed E-state index contributed by atoms with van der Waals surface area (Å²) in [5.74, 6) is 0. The summed E-state index contributed by atoms with van der Waals surface area (Å²) < 4.78 is 0. The van der Waals surface area contributed by atoms with Crippen LogP contribution in [-0.4, -0.2) is 46.5 Å². The maximum Gasteiger partial charge on any atom is 0.317 e. The molecule has 1 N–H and O–H groups in total. The molecule has 0 spiro atoms.